The van der Waals surface area contributed by atoms with E-state index in [4.69, 9.17) is 4.74 Å². The zero-order valence-corrected chi connectivity index (χ0v) is 13.4. The predicted octanol–water partition coefficient (Wildman–Crippen LogP) is 3.64. The highest BCUT2D eigenvalue weighted by Crippen LogP contribution is 2.25. The van der Waals surface area contributed by atoms with E-state index in [1.54, 1.807) is 0 Å². The fraction of sp³-hybridized carbons (Fsp3) is 0.611. The molecular formula is C18H27NO2. The lowest BCUT2D eigenvalue weighted by Gasteiger charge is -2.20. The highest BCUT2D eigenvalue weighted by molar-refractivity contribution is 5.80. The molecule has 0 aliphatic heterocycles. The minimum absolute atomic E-state index is 0.0336. The monoisotopic (exact) mass is 289 g/mol. The van der Waals surface area contributed by atoms with Crippen LogP contribution in [0.3, 0.4) is 0 Å². The van der Waals surface area contributed by atoms with Crippen molar-refractivity contribution in [3.05, 3.63) is 29.3 Å². The second kappa shape index (κ2) is 7.48. The average Bonchev–Trinajstić information content (AvgIpc) is 2.47. The van der Waals surface area contributed by atoms with Crippen LogP contribution in [-0.4, -0.2) is 18.1 Å². The Bertz CT molecular complexity index is 484. The summed E-state index contributed by atoms with van der Waals surface area (Å²) in [6, 6.07) is 6.45. The van der Waals surface area contributed by atoms with Crippen molar-refractivity contribution in [2.75, 3.05) is 0 Å². The maximum Gasteiger partial charge on any atom is 0.260 e. The van der Waals surface area contributed by atoms with Crippen LogP contribution in [0, 0.1) is 0 Å². The molecule has 3 heteroatoms. The van der Waals surface area contributed by atoms with Crippen LogP contribution < -0.4 is 10.1 Å². The van der Waals surface area contributed by atoms with Gasteiger partial charge < -0.3 is 10.1 Å². The molecule has 1 N–H and O–H groups in total. The molecule has 0 bridgehead atoms. The summed E-state index contributed by atoms with van der Waals surface area (Å²) in [5.74, 6) is 0.773. The normalized spacial score (nSPS) is 16.7. The third kappa shape index (κ3) is 4.48. The van der Waals surface area contributed by atoms with Crippen molar-refractivity contribution < 1.29 is 9.53 Å². The Balaban J connectivity index is 1.92. The topological polar surface area (TPSA) is 38.3 Å². The van der Waals surface area contributed by atoms with Gasteiger partial charge in [0.2, 0.25) is 0 Å². The maximum atomic E-state index is 12.1. The number of fused-ring (bicyclic) bond motifs is 1. The highest BCUT2D eigenvalue weighted by Gasteiger charge is 2.17. The van der Waals surface area contributed by atoms with Crippen molar-refractivity contribution in [2.45, 2.75) is 71.4 Å². The summed E-state index contributed by atoms with van der Waals surface area (Å²) in [6.45, 7) is 5.97. The van der Waals surface area contributed by atoms with Crippen molar-refractivity contribution in [3.8, 4) is 5.75 Å². The minimum Gasteiger partial charge on any atom is -0.481 e. The molecule has 2 rings (SSSR count). The molecule has 0 fully saturated rings. The molecule has 1 aliphatic rings. The van der Waals surface area contributed by atoms with Gasteiger partial charge in [0.05, 0.1) is 0 Å². The van der Waals surface area contributed by atoms with Gasteiger partial charge in [-0.05, 0) is 69.2 Å². The third-order valence-corrected chi connectivity index (χ3v) is 4.11. The number of hydrogen-bond donors (Lipinski definition) is 1. The Kier molecular flexibility index (Phi) is 5.66. The molecule has 116 valence electrons. The van der Waals surface area contributed by atoms with E-state index in [1.165, 1.54) is 30.4 Å². The first-order chi connectivity index (χ1) is 10.1. The number of nitrogens with one attached hydrogen (secondary N) is 1. The molecular weight excluding hydrogens is 262 g/mol. The molecule has 1 amide bonds. The molecule has 0 radical (unpaired) electrons. The molecule has 0 spiro atoms. The number of carbonyl (C=O) groups is 1. The number of ether oxygens (including phenoxy) is 1. The van der Waals surface area contributed by atoms with Gasteiger partial charge >= 0.3 is 0 Å². The largest absolute Gasteiger partial charge is 0.481 e. The van der Waals surface area contributed by atoms with Crippen LogP contribution in [0.1, 0.15) is 57.6 Å². The van der Waals surface area contributed by atoms with Gasteiger partial charge in [0.15, 0.2) is 6.10 Å². The summed E-state index contributed by atoms with van der Waals surface area (Å²) < 4.78 is 5.81. The van der Waals surface area contributed by atoms with Crippen LogP contribution in [0.5, 0.6) is 5.75 Å². The van der Waals surface area contributed by atoms with Gasteiger partial charge in [-0.1, -0.05) is 19.4 Å². The number of rotatable bonds is 6. The molecule has 0 saturated carbocycles. The van der Waals surface area contributed by atoms with Gasteiger partial charge in [-0.25, -0.2) is 0 Å². The van der Waals surface area contributed by atoms with E-state index in [0.29, 0.717) is 0 Å². The molecule has 1 aliphatic carbocycles. The first-order valence-corrected chi connectivity index (χ1v) is 8.19. The molecule has 1 aromatic carbocycles. The van der Waals surface area contributed by atoms with Crippen molar-refractivity contribution >= 4 is 5.91 Å². The van der Waals surface area contributed by atoms with Crippen LogP contribution >= 0.6 is 0 Å². The fourth-order valence-electron chi connectivity index (χ4n) is 2.91. The number of benzene rings is 1. The summed E-state index contributed by atoms with van der Waals surface area (Å²) in [4.78, 5) is 12.1. The van der Waals surface area contributed by atoms with E-state index >= 15 is 0 Å². The Hall–Kier alpha value is -1.51. The van der Waals surface area contributed by atoms with E-state index in [0.717, 1.165) is 25.0 Å². The predicted molar refractivity (Wildman–Crippen MR) is 85.7 cm³/mol. The SMILES string of the molecule is CCC[C@H](C)NC(=O)[C@H](C)Oc1ccc2c(c1)CCCC2. The third-order valence-electron chi connectivity index (χ3n) is 4.11. The van der Waals surface area contributed by atoms with E-state index < -0.39 is 6.10 Å². The van der Waals surface area contributed by atoms with Gasteiger partial charge in [-0.3, -0.25) is 4.79 Å². The average molecular weight is 289 g/mol. The van der Waals surface area contributed by atoms with Gasteiger partial charge in [-0.15, -0.1) is 0 Å². The van der Waals surface area contributed by atoms with Gasteiger partial charge in [0, 0.05) is 6.04 Å². The molecule has 0 unspecified atom stereocenters. The van der Waals surface area contributed by atoms with Crippen LogP contribution in [0.25, 0.3) is 0 Å². The summed E-state index contributed by atoms with van der Waals surface area (Å²) in [7, 11) is 0. The van der Waals surface area contributed by atoms with Crippen LogP contribution in [-0.2, 0) is 17.6 Å². The molecule has 0 aromatic heterocycles. The van der Waals surface area contributed by atoms with Crippen LogP contribution in [0.15, 0.2) is 18.2 Å². The molecule has 0 heterocycles. The van der Waals surface area contributed by atoms with Gasteiger partial charge in [0.25, 0.3) is 5.91 Å². The summed E-state index contributed by atoms with van der Waals surface area (Å²) in [5.41, 5.74) is 2.81. The fourth-order valence-corrected chi connectivity index (χ4v) is 2.91. The lowest BCUT2D eigenvalue weighted by Crippen LogP contribution is -2.41. The number of hydrogen-bond acceptors (Lipinski definition) is 2. The molecule has 0 saturated heterocycles. The van der Waals surface area contributed by atoms with Crippen molar-refractivity contribution in [1.29, 1.82) is 0 Å². The van der Waals surface area contributed by atoms with E-state index in [9.17, 15) is 4.79 Å². The van der Waals surface area contributed by atoms with Crippen molar-refractivity contribution in [1.82, 2.24) is 5.32 Å². The zero-order valence-electron chi connectivity index (χ0n) is 13.4. The lowest BCUT2D eigenvalue weighted by molar-refractivity contribution is -0.127. The second-order valence-electron chi connectivity index (χ2n) is 6.10. The number of aryl methyl sites for hydroxylation is 2. The second-order valence-corrected chi connectivity index (χ2v) is 6.10. The minimum atomic E-state index is -0.453. The Morgan fingerprint density at radius 2 is 1.95 bits per heavy atom. The molecule has 21 heavy (non-hydrogen) atoms. The van der Waals surface area contributed by atoms with E-state index in [2.05, 4.69) is 24.4 Å². The quantitative estimate of drug-likeness (QED) is 0.868. The Labute approximate surface area is 128 Å². The number of amides is 1. The molecule has 2 atom stereocenters. The van der Waals surface area contributed by atoms with Crippen LogP contribution in [0.4, 0.5) is 0 Å². The van der Waals surface area contributed by atoms with Gasteiger partial charge in [-0.2, -0.15) is 0 Å². The number of carbonyl (C=O) groups excluding carboxylic acids is 1. The van der Waals surface area contributed by atoms with Crippen molar-refractivity contribution in [3.63, 3.8) is 0 Å². The summed E-state index contributed by atoms with van der Waals surface area (Å²) in [5, 5.41) is 3.00. The highest BCUT2D eigenvalue weighted by atomic mass is 16.5. The standard InChI is InChI=1S/C18H27NO2/c1-4-7-13(2)19-18(20)14(3)21-17-11-10-15-8-5-6-9-16(15)12-17/h10-14H,4-9H2,1-3H3,(H,19,20)/t13-,14-/m0/s1. The Morgan fingerprint density at radius 3 is 2.67 bits per heavy atom. The lowest BCUT2D eigenvalue weighted by atomic mass is 9.92. The molecule has 1 aromatic rings. The van der Waals surface area contributed by atoms with Crippen LogP contribution in [0.2, 0.25) is 0 Å². The van der Waals surface area contributed by atoms with Crippen molar-refractivity contribution in [2.24, 2.45) is 0 Å². The molecule has 3 nitrogen and oxygen atoms in total. The maximum absolute atomic E-state index is 12.1. The first kappa shape index (κ1) is 15.9. The Morgan fingerprint density at radius 1 is 1.24 bits per heavy atom. The zero-order chi connectivity index (χ0) is 15.2. The summed E-state index contributed by atoms with van der Waals surface area (Å²) in [6.07, 6.45) is 6.44. The van der Waals surface area contributed by atoms with Gasteiger partial charge in [0.1, 0.15) is 5.75 Å². The first-order valence-electron chi connectivity index (χ1n) is 8.19. The smallest absolute Gasteiger partial charge is 0.260 e. The summed E-state index contributed by atoms with van der Waals surface area (Å²) >= 11 is 0. The van der Waals surface area contributed by atoms with E-state index in [-0.39, 0.29) is 11.9 Å². The van der Waals surface area contributed by atoms with E-state index in [1.807, 2.05) is 19.9 Å².